The Bertz CT molecular complexity index is 962. The molecular formula is C30H41N5. The lowest BCUT2D eigenvalue weighted by Gasteiger charge is -2.19. The van der Waals surface area contributed by atoms with Gasteiger partial charge >= 0.3 is 0 Å². The highest BCUT2D eigenvalue weighted by atomic mass is 14.9. The first kappa shape index (κ1) is 25.4. The van der Waals surface area contributed by atoms with Gasteiger partial charge < -0.3 is 21.3 Å². The van der Waals surface area contributed by atoms with Crippen molar-refractivity contribution in [2.45, 2.75) is 45.2 Å². The van der Waals surface area contributed by atoms with Crippen molar-refractivity contribution in [3.63, 3.8) is 0 Å². The zero-order valence-electron chi connectivity index (χ0n) is 20.9. The molecule has 0 aliphatic carbocycles. The van der Waals surface area contributed by atoms with Gasteiger partial charge in [-0.15, -0.1) is 0 Å². The first-order chi connectivity index (χ1) is 17.3. The van der Waals surface area contributed by atoms with Crippen LogP contribution in [-0.2, 0) is 19.5 Å². The molecule has 35 heavy (non-hydrogen) atoms. The predicted octanol–water partition coefficient (Wildman–Crippen LogP) is 4.25. The number of rotatable bonds is 6. The van der Waals surface area contributed by atoms with Gasteiger partial charge in [0.1, 0.15) is 0 Å². The van der Waals surface area contributed by atoms with Crippen molar-refractivity contribution in [3.05, 3.63) is 101 Å². The van der Waals surface area contributed by atoms with E-state index in [1.807, 2.05) is 18.3 Å². The van der Waals surface area contributed by atoms with Gasteiger partial charge in [-0.25, -0.2) is 0 Å². The van der Waals surface area contributed by atoms with E-state index in [1.165, 1.54) is 35.1 Å². The summed E-state index contributed by atoms with van der Waals surface area (Å²) in [4.78, 5) is 4.38. The third-order valence-corrected chi connectivity index (χ3v) is 6.77. The van der Waals surface area contributed by atoms with E-state index in [4.69, 9.17) is 0 Å². The minimum absolute atomic E-state index is 0.685. The van der Waals surface area contributed by atoms with Crippen molar-refractivity contribution in [1.29, 1.82) is 0 Å². The SMILES string of the molecule is C1=C2/C=C/CCNCCC(Cc3ccc(CNCc4ccccn4)cc3)CCNC/C=C(\CN1)C2. The topological polar surface area (TPSA) is 61.0 Å². The number of hydrogen-bond donors (Lipinski definition) is 4. The molecule has 5 nitrogen and oxygen atoms in total. The number of aromatic nitrogens is 1. The molecule has 1 aromatic carbocycles. The second kappa shape index (κ2) is 14.6. The fourth-order valence-corrected chi connectivity index (χ4v) is 4.73. The third-order valence-electron chi connectivity index (χ3n) is 6.77. The molecule has 0 saturated carbocycles. The standard InChI is InChI=1S/C30H41N5/c1-3-14-31-16-11-26(12-17-32-18-13-29-20-28(5-1)22-33-23-29)19-25-7-9-27(10-8-25)21-34-24-30-6-2-4-15-35-30/h1-2,4-10,13,15,22,26,31-34H,3,11-12,14,16-21,23-24H2/b5-1+,29-13-. The van der Waals surface area contributed by atoms with E-state index in [9.17, 15) is 0 Å². The van der Waals surface area contributed by atoms with Crippen molar-refractivity contribution in [3.8, 4) is 0 Å². The van der Waals surface area contributed by atoms with Crippen molar-refractivity contribution in [1.82, 2.24) is 26.3 Å². The average Bonchev–Trinajstić information content (AvgIpc) is 2.89. The summed E-state index contributed by atoms with van der Waals surface area (Å²) in [5.74, 6) is 0.685. The van der Waals surface area contributed by atoms with Crippen LogP contribution in [0.4, 0.5) is 0 Å². The predicted molar refractivity (Wildman–Crippen MR) is 146 cm³/mol. The van der Waals surface area contributed by atoms with Gasteiger partial charge in [0.25, 0.3) is 0 Å². The Morgan fingerprint density at radius 1 is 0.914 bits per heavy atom. The molecule has 0 spiro atoms. The highest BCUT2D eigenvalue weighted by Gasteiger charge is 2.11. The normalized spacial score (nSPS) is 22.3. The number of nitrogens with zero attached hydrogens (tertiary/aromatic N) is 1. The Hall–Kier alpha value is -2.73. The van der Waals surface area contributed by atoms with E-state index in [0.29, 0.717) is 5.92 Å². The van der Waals surface area contributed by atoms with Gasteiger partial charge in [-0.3, -0.25) is 4.98 Å². The van der Waals surface area contributed by atoms with Gasteiger partial charge in [-0.1, -0.05) is 48.6 Å². The molecule has 1 atom stereocenters. The van der Waals surface area contributed by atoms with Crippen molar-refractivity contribution in [2.75, 3.05) is 32.7 Å². The molecule has 186 valence electrons. The van der Waals surface area contributed by atoms with Crippen LogP contribution < -0.4 is 21.3 Å². The highest BCUT2D eigenvalue weighted by Crippen LogP contribution is 2.18. The molecule has 0 amide bonds. The lowest BCUT2D eigenvalue weighted by atomic mass is 9.92. The fourth-order valence-electron chi connectivity index (χ4n) is 4.73. The molecule has 1 aromatic heterocycles. The molecule has 2 aliphatic heterocycles. The minimum Gasteiger partial charge on any atom is -0.387 e. The van der Waals surface area contributed by atoms with Crippen molar-refractivity contribution >= 4 is 0 Å². The van der Waals surface area contributed by atoms with Crippen LogP contribution in [0.25, 0.3) is 0 Å². The summed E-state index contributed by atoms with van der Waals surface area (Å²) in [6, 6.07) is 15.2. The number of hydrogen-bond acceptors (Lipinski definition) is 5. The van der Waals surface area contributed by atoms with Crippen LogP contribution in [0.1, 0.15) is 42.5 Å². The zero-order valence-corrected chi connectivity index (χ0v) is 20.9. The van der Waals surface area contributed by atoms with Gasteiger partial charge in [0, 0.05) is 38.6 Å². The van der Waals surface area contributed by atoms with Gasteiger partial charge in [0.2, 0.25) is 0 Å². The Morgan fingerprint density at radius 2 is 1.77 bits per heavy atom. The molecule has 4 rings (SSSR count). The molecule has 3 heterocycles. The van der Waals surface area contributed by atoms with Crippen LogP contribution in [0.5, 0.6) is 0 Å². The Balaban J connectivity index is 1.25. The minimum atomic E-state index is 0.685. The van der Waals surface area contributed by atoms with Crippen LogP contribution >= 0.6 is 0 Å². The monoisotopic (exact) mass is 471 g/mol. The largest absolute Gasteiger partial charge is 0.387 e. The maximum absolute atomic E-state index is 4.38. The molecule has 0 radical (unpaired) electrons. The van der Waals surface area contributed by atoms with Crippen LogP contribution in [0.2, 0.25) is 0 Å². The van der Waals surface area contributed by atoms with Gasteiger partial charge in [0.15, 0.2) is 0 Å². The smallest absolute Gasteiger partial charge is 0.0541 e. The number of pyridine rings is 1. The van der Waals surface area contributed by atoms with Gasteiger partial charge in [0.05, 0.1) is 5.69 Å². The van der Waals surface area contributed by atoms with Crippen LogP contribution in [-0.4, -0.2) is 37.7 Å². The van der Waals surface area contributed by atoms with Gasteiger partial charge in [-0.2, -0.15) is 0 Å². The second-order valence-corrected chi connectivity index (χ2v) is 9.67. The summed E-state index contributed by atoms with van der Waals surface area (Å²) in [6.07, 6.45) is 16.7. The first-order valence-electron chi connectivity index (χ1n) is 13.2. The van der Waals surface area contributed by atoms with E-state index >= 15 is 0 Å². The quantitative estimate of drug-likeness (QED) is 0.475. The molecule has 5 heteroatoms. The van der Waals surface area contributed by atoms with Crippen LogP contribution in [0.3, 0.4) is 0 Å². The summed E-state index contributed by atoms with van der Waals surface area (Å²) >= 11 is 0. The maximum Gasteiger partial charge on any atom is 0.0541 e. The van der Waals surface area contributed by atoms with E-state index in [-0.39, 0.29) is 0 Å². The second-order valence-electron chi connectivity index (χ2n) is 9.67. The van der Waals surface area contributed by atoms with E-state index in [0.717, 1.165) is 70.8 Å². The van der Waals surface area contributed by atoms with E-state index < -0.39 is 0 Å². The fraction of sp³-hybridized carbons (Fsp3) is 0.433. The summed E-state index contributed by atoms with van der Waals surface area (Å²) in [5.41, 5.74) is 6.70. The number of nitrogens with one attached hydrogen (secondary N) is 4. The summed E-state index contributed by atoms with van der Waals surface area (Å²) in [7, 11) is 0. The van der Waals surface area contributed by atoms with Crippen LogP contribution in [0, 0.1) is 5.92 Å². The van der Waals surface area contributed by atoms with Crippen LogP contribution in [0.15, 0.2) is 84.2 Å². The number of allylic oxidation sites excluding steroid dienone is 2. The van der Waals surface area contributed by atoms with E-state index in [2.05, 4.69) is 81.0 Å². The molecule has 4 N–H and O–H groups in total. The maximum atomic E-state index is 4.38. The molecule has 2 aromatic rings. The van der Waals surface area contributed by atoms with Crippen molar-refractivity contribution < 1.29 is 0 Å². The Labute approximate surface area is 211 Å². The lowest BCUT2D eigenvalue weighted by Crippen LogP contribution is -2.24. The average molecular weight is 472 g/mol. The highest BCUT2D eigenvalue weighted by molar-refractivity contribution is 5.29. The van der Waals surface area contributed by atoms with Gasteiger partial charge in [-0.05, 0) is 92.1 Å². The zero-order chi connectivity index (χ0) is 24.0. The molecule has 2 aliphatic rings. The van der Waals surface area contributed by atoms with Crippen molar-refractivity contribution in [2.24, 2.45) is 5.92 Å². The molecule has 1 unspecified atom stereocenters. The molecular weight excluding hydrogens is 430 g/mol. The Morgan fingerprint density at radius 3 is 2.63 bits per heavy atom. The summed E-state index contributed by atoms with van der Waals surface area (Å²) in [6.45, 7) is 6.79. The molecule has 0 saturated heterocycles. The third kappa shape index (κ3) is 9.44. The summed E-state index contributed by atoms with van der Waals surface area (Å²) < 4.78 is 0. The number of fused-ring (bicyclic) bond motifs is 2. The first-order valence-corrected chi connectivity index (χ1v) is 13.2. The lowest BCUT2D eigenvalue weighted by molar-refractivity contribution is 0.424. The molecule has 0 fully saturated rings. The van der Waals surface area contributed by atoms with E-state index in [1.54, 1.807) is 0 Å². The Kier molecular flexibility index (Phi) is 10.6. The molecule has 2 bridgehead atoms. The number of benzene rings is 1. The summed E-state index contributed by atoms with van der Waals surface area (Å²) in [5, 5.41) is 14.2.